The minimum Gasteiger partial charge on any atom is -0.348 e. The zero-order valence-electron chi connectivity index (χ0n) is 15.4. The van der Waals surface area contributed by atoms with Crippen LogP contribution in [0.4, 0.5) is 13.2 Å². The van der Waals surface area contributed by atoms with E-state index in [1.165, 1.54) is 19.1 Å². The summed E-state index contributed by atoms with van der Waals surface area (Å²) < 4.78 is 38.5. The van der Waals surface area contributed by atoms with Gasteiger partial charge in [-0.2, -0.15) is 13.2 Å². The molecule has 0 aliphatic rings. The second-order valence-electron chi connectivity index (χ2n) is 6.23. The van der Waals surface area contributed by atoms with Crippen molar-refractivity contribution in [3.05, 3.63) is 65.7 Å². The molecule has 0 aliphatic carbocycles. The van der Waals surface area contributed by atoms with Crippen molar-refractivity contribution >= 4 is 23.6 Å². The van der Waals surface area contributed by atoms with E-state index in [0.29, 0.717) is 4.90 Å². The van der Waals surface area contributed by atoms with Crippen molar-refractivity contribution in [2.45, 2.75) is 37.0 Å². The van der Waals surface area contributed by atoms with E-state index in [9.17, 15) is 22.8 Å². The number of halogens is 3. The average Bonchev–Trinajstić information content (AvgIpc) is 2.65. The van der Waals surface area contributed by atoms with Crippen LogP contribution >= 0.6 is 11.8 Å². The molecule has 2 atom stereocenters. The minimum atomic E-state index is -4.43. The maximum absolute atomic E-state index is 12.8. The Kier molecular flexibility index (Phi) is 7.51. The molecule has 2 amide bonds. The number of rotatable bonds is 7. The molecule has 28 heavy (non-hydrogen) atoms. The van der Waals surface area contributed by atoms with Gasteiger partial charge in [0.15, 0.2) is 0 Å². The number of hydrogen-bond donors (Lipinski definition) is 2. The normalized spacial score (nSPS) is 13.5. The number of alkyl halides is 3. The lowest BCUT2D eigenvalue weighted by atomic mass is 10.1. The van der Waals surface area contributed by atoms with E-state index in [2.05, 4.69) is 10.6 Å². The van der Waals surface area contributed by atoms with E-state index in [0.717, 1.165) is 29.5 Å². The fraction of sp³-hybridized carbons (Fsp3) is 0.300. The van der Waals surface area contributed by atoms with Gasteiger partial charge in [-0.1, -0.05) is 36.4 Å². The molecule has 0 heterocycles. The van der Waals surface area contributed by atoms with Crippen molar-refractivity contribution in [2.75, 3.05) is 5.75 Å². The molecule has 0 aromatic heterocycles. The molecule has 0 saturated heterocycles. The van der Waals surface area contributed by atoms with Crippen LogP contribution in [0, 0.1) is 0 Å². The quantitative estimate of drug-likeness (QED) is 0.674. The molecule has 2 unspecified atom stereocenters. The number of hydrogen-bond acceptors (Lipinski definition) is 3. The maximum Gasteiger partial charge on any atom is 0.416 e. The molecule has 2 rings (SSSR count). The van der Waals surface area contributed by atoms with E-state index >= 15 is 0 Å². The number of benzene rings is 2. The van der Waals surface area contributed by atoms with Gasteiger partial charge in [0.25, 0.3) is 0 Å². The molecule has 0 bridgehead atoms. The largest absolute Gasteiger partial charge is 0.416 e. The first-order valence-corrected chi connectivity index (χ1v) is 9.58. The smallest absolute Gasteiger partial charge is 0.348 e. The number of amides is 2. The first-order valence-electron chi connectivity index (χ1n) is 8.59. The lowest BCUT2D eigenvalue weighted by molar-refractivity contribution is -0.137. The van der Waals surface area contributed by atoms with E-state index in [-0.39, 0.29) is 11.8 Å². The van der Waals surface area contributed by atoms with Gasteiger partial charge in [-0.25, -0.2) is 0 Å². The van der Waals surface area contributed by atoms with E-state index in [4.69, 9.17) is 0 Å². The summed E-state index contributed by atoms with van der Waals surface area (Å²) in [6.45, 7) is 3.11. The van der Waals surface area contributed by atoms with Crippen LogP contribution in [0.1, 0.15) is 31.0 Å². The monoisotopic (exact) mass is 410 g/mol. The summed E-state index contributed by atoms with van der Waals surface area (Å²) in [4.78, 5) is 24.4. The van der Waals surface area contributed by atoms with Crippen LogP contribution in [0.5, 0.6) is 0 Å². The molecule has 2 aromatic carbocycles. The van der Waals surface area contributed by atoms with Crippen molar-refractivity contribution in [3.8, 4) is 0 Å². The topological polar surface area (TPSA) is 58.2 Å². The minimum absolute atomic E-state index is 0.105. The van der Waals surface area contributed by atoms with Crippen molar-refractivity contribution in [1.82, 2.24) is 10.6 Å². The van der Waals surface area contributed by atoms with Crippen LogP contribution in [-0.2, 0) is 15.8 Å². The van der Waals surface area contributed by atoms with E-state index in [1.54, 1.807) is 0 Å². The van der Waals surface area contributed by atoms with Crippen molar-refractivity contribution in [3.63, 3.8) is 0 Å². The Hall–Kier alpha value is -2.48. The molecule has 4 nitrogen and oxygen atoms in total. The Bertz CT molecular complexity index is 813. The molecule has 0 radical (unpaired) electrons. The number of nitrogens with one attached hydrogen (secondary N) is 2. The van der Waals surface area contributed by atoms with Crippen LogP contribution in [0.3, 0.4) is 0 Å². The van der Waals surface area contributed by atoms with Crippen molar-refractivity contribution in [1.29, 1.82) is 0 Å². The Morgan fingerprint density at radius 1 is 1.04 bits per heavy atom. The summed E-state index contributed by atoms with van der Waals surface area (Å²) >= 11 is 1.08. The Morgan fingerprint density at radius 2 is 1.71 bits per heavy atom. The zero-order chi connectivity index (χ0) is 20.7. The molecule has 0 fully saturated rings. The molecule has 2 aromatic rings. The van der Waals surface area contributed by atoms with E-state index in [1.807, 2.05) is 37.3 Å². The summed E-state index contributed by atoms with van der Waals surface area (Å²) in [7, 11) is 0. The van der Waals surface area contributed by atoms with Crippen LogP contribution < -0.4 is 10.6 Å². The molecular weight excluding hydrogens is 389 g/mol. The Balaban J connectivity index is 2.05. The predicted octanol–water partition coefficient (Wildman–Crippen LogP) is 4.18. The molecule has 0 saturated carbocycles. The SMILES string of the molecule is CC(=O)NC(CSc1cccc(C(F)(F)F)c1)C(=O)NC(C)c1ccccc1. The van der Waals surface area contributed by atoms with Crippen molar-refractivity contribution in [2.24, 2.45) is 0 Å². The van der Waals surface area contributed by atoms with Gasteiger partial charge in [-0.3, -0.25) is 9.59 Å². The van der Waals surface area contributed by atoms with Gasteiger partial charge < -0.3 is 10.6 Å². The summed E-state index contributed by atoms with van der Waals surface area (Å²) in [5.41, 5.74) is 0.152. The number of carbonyl (C=O) groups is 2. The van der Waals surface area contributed by atoms with Gasteiger partial charge in [-0.15, -0.1) is 11.8 Å². The Morgan fingerprint density at radius 3 is 2.32 bits per heavy atom. The lowest BCUT2D eigenvalue weighted by Crippen LogP contribution is -2.48. The first kappa shape index (κ1) is 21.8. The highest BCUT2D eigenvalue weighted by Gasteiger charge is 2.30. The third-order valence-electron chi connectivity index (χ3n) is 3.93. The second-order valence-corrected chi connectivity index (χ2v) is 7.32. The predicted molar refractivity (Wildman–Crippen MR) is 103 cm³/mol. The fourth-order valence-electron chi connectivity index (χ4n) is 2.51. The van der Waals surface area contributed by atoms with Gasteiger partial charge in [0.2, 0.25) is 11.8 Å². The molecular formula is C20H21F3N2O2S. The maximum atomic E-state index is 12.8. The van der Waals surface area contributed by atoms with Crippen LogP contribution in [0.2, 0.25) is 0 Å². The molecule has 0 spiro atoms. The van der Waals surface area contributed by atoms with Gasteiger partial charge >= 0.3 is 6.18 Å². The van der Waals surface area contributed by atoms with Crippen molar-refractivity contribution < 1.29 is 22.8 Å². The zero-order valence-corrected chi connectivity index (χ0v) is 16.2. The second kappa shape index (κ2) is 9.64. The molecule has 0 aliphatic heterocycles. The van der Waals surface area contributed by atoms with Gasteiger partial charge in [0.05, 0.1) is 11.6 Å². The van der Waals surface area contributed by atoms with Gasteiger partial charge in [-0.05, 0) is 30.7 Å². The van der Waals surface area contributed by atoms with Crippen LogP contribution in [-0.4, -0.2) is 23.6 Å². The standard InChI is InChI=1S/C20H21F3N2O2S/c1-13(15-7-4-3-5-8-15)24-19(27)18(25-14(2)26)12-28-17-10-6-9-16(11-17)20(21,22)23/h3-11,13,18H,12H2,1-2H3,(H,24,27)(H,25,26). The van der Waals surface area contributed by atoms with E-state index < -0.39 is 29.6 Å². The van der Waals surface area contributed by atoms with Crippen LogP contribution in [0.25, 0.3) is 0 Å². The van der Waals surface area contributed by atoms with Gasteiger partial charge in [0, 0.05) is 17.6 Å². The number of carbonyl (C=O) groups excluding carboxylic acids is 2. The summed E-state index contributed by atoms with van der Waals surface area (Å²) in [6.07, 6.45) is -4.43. The highest BCUT2D eigenvalue weighted by Crippen LogP contribution is 2.32. The molecule has 2 N–H and O–H groups in total. The molecule has 8 heteroatoms. The lowest BCUT2D eigenvalue weighted by Gasteiger charge is -2.21. The highest BCUT2D eigenvalue weighted by atomic mass is 32.2. The Labute approximate surface area is 165 Å². The van der Waals surface area contributed by atoms with Crippen LogP contribution in [0.15, 0.2) is 59.5 Å². The average molecular weight is 410 g/mol. The first-order chi connectivity index (χ1) is 13.2. The fourth-order valence-corrected chi connectivity index (χ4v) is 3.49. The van der Waals surface area contributed by atoms with Gasteiger partial charge in [0.1, 0.15) is 6.04 Å². The summed E-state index contributed by atoms with van der Waals surface area (Å²) in [6, 6.07) is 13.0. The molecule has 150 valence electrons. The summed E-state index contributed by atoms with van der Waals surface area (Å²) in [5.74, 6) is -0.683. The highest BCUT2D eigenvalue weighted by molar-refractivity contribution is 7.99. The number of thioether (sulfide) groups is 1. The summed E-state index contributed by atoms with van der Waals surface area (Å²) in [5, 5.41) is 5.38. The third-order valence-corrected chi connectivity index (χ3v) is 5.02. The third kappa shape index (κ3) is 6.60.